The zero-order valence-electron chi connectivity index (χ0n) is 20.2. The van der Waals surface area contributed by atoms with E-state index < -0.39 is 11.2 Å². The first-order valence-electron chi connectivity index (χ1n) is 12.7. The van der Waals surface area contributed by atoms with Gasteiger partial charge in [0.15, 0.2) is 5.65 Å². The average molecular weight is 470 g/mol. The van der Waals surface area contributed by atoms with Crippen molar-refractivity contribution in [3.8, 4) is 0 Å². The van der Waals surface area contributed by atoms with E-state index in [9.17, 15) is 19.2 Å². The molecule has 4 rings (SSSR count). The van der Waals surface area contributed by atoms with Gasteiger partial charge in [0.2, 0.25) is 5.91 Å². The number of unbranched alkanes of at least 4 members (excludes halogenated alkanes) is 3. The van der Waals surface area contributed by atoms with Crippen molar-refractivity contribution in [3.63, 3.8) is 0 Å². The summed E-state index contributed by atoms with van der Waals surface area (Å²) in [6.07, 6.45) is 7.81. The van der Waals surface area contributed by atoms with Gasteiger partial charge in [0.1, 0.15) is 0 Å². The van der Waals surface area contributed by atoms with Crippen molar-refractivity contribution in [1.82, 2.24) is 24.8 Å². The number of aryl methyl sites for hydroxylation is 1. The summed E-state index contributed by atoms with van der Waals surface area (Å²) in [4.78, 5) is 60.2. The Labute approximate surface area is 198 Å². The molecule has 184 valence electrons. The van der Waals surface area contributed by atoms with Gasteiger partial charge in [-0.25, -0.2) is 9.78 Å². The van der Waals surface area contributed by atoms with Crippen LogP contribution in [0.4, 0.5) is 0 Å². The number of amides is 2. The predicted octanol–water partition coefficient (Wildman–Crippen LogP) is 2.53. The van der Waals surface area contributed by atoms with Crippen LogP contribution in [-0.2, 0) is 11.3 Å². The Balaban J connectivity index is 1.59. The van der Waals surface area contributed by atoms with Crippen LogP contribution in [0, 0.1) is 5.92 Å². The Morgan fingerprint density at radius 1 is 1.15 bits per heavy atom. The molecule has 9 nitrogen and oxygen atoms in total. The monoisotopic (exact) mass is 469 g/mol. The summed E-state index contributed by atoms with van der Waals surface area (Å²) in [6.45, 7) is 5.82. The van der Waals surface area contributed by atoms with Crippen LogP contribution in [0.2, 0.25) is 0 Å². The van der Waals surface area contributed by atoms with E-state index in [4.69, 9.17) is 0 Å². The lowest BCUT2D eigenvalue weighted by atomic mass is 9.96. The number of nitrogens with one attached hydrogen (secondary N) is 2. The molecule has 0 aromatic carbocycles. The standard InChI is InChI=1S/C25H35N5O4/c1-3-5-6-7-12-26-22(31)17-9-8-13-29(15-17)24(33)18-14-19(16-10-11-16)27-21-20(18)23(32)28-25(34)30(21)4-2/h14,16-17H,3-13,15H2,1-2H3,(H,26,31)(H,28,32,34). The number of hydrogen-bond donors (Lipinski definition) is 2. The van der Waals surface area contributed by atoms with Crippen molar-refractivity contribution in [2.45, 2.75) is 77.7 Å². The molecule has 1 aliphatic heterocycles. The summed E-state index contributed by atoms with van der Waals surface area (Å²) >= 11 is 0. The SMILES string of the molecule is CCCCCCNC(=O)C1CCCN(C(=O)c2cc(C3CC3)nc3c2c(=O)[nH]c(=O)n3CC)C1. The van der Waals surface area contributed by atoms with Crippen LogP contribution in [-0.4, -0.2) is 50.9 Å². The fourth-order valence-corrected chi connectivity index (χ4v) is 4.80. The molecular weight excluding hydrogens is 434 g/mol. The largest absolute Gasteiger partial charge is 0.356 e. The van der Waals surface area contributed by atoms with Gasteiger partial charge in [-0.3, -0.25) is 23.9 Å². The number of H-pyrrole nitrogens is 1. The third-order valence-corrected chi connectivity index (χ3v) is 6.92. The Morgan fingerprint density at radius 3 is 2.65 bits per heavy atom. The Morgan fingerprint density at radius 2 is 1.94 bits per heavy atom. The fraction of sp³-hybridized carbons (Fsp3) is 0.640. The number of pyridine rings is 1. The Hall–Kier alpha value is -2.97. The van der Waals surface area contributed by atoms with Crippen molar-refractivity contribution in [2.75, 3.05) is 19.6 Å². The van der Waals surface area contributed by atoms with Crippen LogP contribution in [0.25, 0.3) is 11.0 Å². The molecule has 2 amide bonds. The molecule has 1 saturated heterocycles. The highest BCUT2D eigenvalue weighted by atomic mass is 16.2. The van der Waals surface area contributed by atoms with Crippen molar-refractivity contribution >= 4 is 22.8 Å². The minimum atomic E-state index is -0.596. The molecule has 1 aliphatic carbocycles. The van der Waals surface area contributed by atoms with Crippen molar-refractivity contribution < 1.29 is 9.59 Å². The minimum Gasteiger partial charge on any atom is -0.356 e. The molecule has 0 radical (unpaired) electrons. The number of piperidine rings is 1. The Kier molecular flexibility index (Phi) is 7.48. The van der Waals surface area contributed by atoms with E-state index in [-0.39, 0.29) is 40.2 Å². The highest BCUT2D eigenvalue weighted by Crippen LogP contribution is 2.40. The molecule has 2 aromatic rings. The molecule has 2 fully saturated rings. The van der Waals surface area contributed by atoms with E-state index in [1.165, 1.54) is 4.57 Å². The second kappa shape index (κ2) is 10.5. The summed E-state index contributed by atoms with van der Waals surface area (Å²) < 4.78 is 1.41. The predicted molar refractivity (Wildman–Crippen MR) is 130 cm³/mol. The van der Waals surface area contributed by atoms with E-state index in [1.807, 2.05) is 6.92 Å². The molecule has 3 heterocycles. The summed E-state index contributed by atoms with van der Waals surface area (Å²) in [5.74, 6) is -0.290. The summed E-state index contributed by atoms with van der Waals surface area (Å²) in [5.41, 5.74) is 0.175. The van der Waals surface area contributed by atoms with E-state index in [2.05, 4.69) is 22.2 Å². The van der Waals surface area contributed by atoms with Gasteiger partial charge >= 0.3 is 5.69 Å². The molecule has 0 spiro atoms. The average Bonchev–Trinajstić information content (AvgIpc) is 3.68. The topological polar surface area (TPSA) is 117 Å². The molecule has 1 unspecified atom stereocenters. The smallest absolute Gasteiger partial charge is 0.329 e. The van der Waals surface area contributed by atoms with Gasteiger partial charge in [-0.1, -0.05) is 26.2 Å². The van der Waals surface area contributed by atoms with Gasteiger partial charge in [-0.2, -0.15) is 0 Å². The van der Waals surface area contributed by atoms with E-state index in [1.54, 1.807) is 11.0 Å². The number of aromatic nitrogens is 3. The van der Waals surface area contributed by atoms with Crippen molar-refractivity contribution in [3.05, 3.63) is 38.2 Å². The van der Waals surface area contributed by atoms with Crippen molar-refractivity contribution in [2.24, 2.45) is 5.92 Å². The number of likely N-dealkylation sites (tertiary alicyclic amines) is 1. The molecule has 34 heavy (non-hydrogen) atoms. The third-order valence-electron chi connectivity index (χ3n) is 6.92. The zero-order valence-corrected chi connectivity index (χ0v) is 20.2. The molecule has 2 aromatic heterocycles. The molecule has 0 bridgehead atoms. The number of aromatic amines is 1. The van der Waals surface area contributed by atoms with Crippen LogP contribution in [0.15, 0.2) is 15.7 Å². The lowest BCUT2D eigenvalue weighted by molar-refractivity contribution is -0.126. The fourth-order valence-electron chi connectivity index (χ4n) is 4.80. The lowest BCUT2D eigenvalue weighted by Crippen LogP contribution is -2.46. The summed E-state index contributed by atoms with van der Waals surface area (Å²) in [6, 6.07) is 1.72. The number of fused-ring (bicyclic) bond motifs is 1. The third kappa shape index (κ3) is 5.08. The van der Waals surface area contributed by atoms with Gasteiger partial charge in [-0.05, 0) is 45.1 Å². The first-order chi connectivity index (χ1) is 16.4. The zero-order chi connectivity index (χ0) is 24.2. The molecule has 9 heteroatoms. The number of hydrogen-bond acceptors (Lipinski definition) is 5. The molecular formula is C25H35N5O4. The molecule has 1 atom stereocenters. The van der Waals surface area contributed by atoms with Gasteiger partial charge in [0, 0.05) is 37.8 Å². The van der Waals surface area contributed by atoms with Crippen LogP contribution >= 0.6 is 0 Å². The number of carbonyl (C=O) groups excluding carboxylic acids is 2. The van der Waals surface area contributed by atoms with E-state index in [0.717, 1.165) is 57.1 Å². The molecule has 2 N–H and O–H groups in total. The van der Waals surface area contributed by atoms with Crippen LogP contribution in [0.1, 0.15) is 87.2 Å². The van der Waals surface area contributed by atoms with Crippen LogP contribution in [0.3, 0.4) is 0 Å². The minimum absolute atomic E-state index is 0.00933. The first kappa shape index (κ1) is 24.2. The number of rotatable bonds is 9. The quantitative estimate of drug-likeness (QED) is 0.547. The first-order valence-corrected chi connectivity index (χ1v) is 12.7. The highest BCUT2D eigenvalue weighted by molar-refractivity contribution is 6.05. The highest BCUT2D eigenvalue weighted by Gasteiger charge is 2.33. The summed E-state index contributed by atoms with van der Waals surface area (Å²) in [5, 5.41) is 3.17. The normalized spacial score (nSPS) is 18.3. The number of nitrogens with zero attached hydrogens (tertiary/aromatic N) is 3. The van der Waals surface area contributed by atoms with Gasteiger partial charge in [-0.15, -0.1) is 0 Å². The van der Waals surface area contributed by atoms with Gasteiger partial charge < -0.3 is 10.2 Å². The second-order valence-electron chi connectivity index (χ2n) is 9.51. The van der Waals surface area contributed by atoms with E-state index >= 15 is 0 Å². The number of carbonyl (C=O) groups is 2. The van der Waals surface area contributed by atoms with Crippen molar-refractivity contribution in [1.29, 1.82) is 0 Å². The summed E-state index contributed by atoms with van der Waals surface area (Å²) in [7, 11) is 0. The maximum Gasteiger partial charge on any atom is 0.329 e. The van der Waals surface area contributed by atoms with Gasteiger partial charge in [0.05, 0.1) is 16.9 Å². The lowest BCUT2D eigenvalue weighted by Gasteiger charge is -2.32. The maximum absolute atomic E-state index is 13.7. The van der Waals surface area contributed by atoms with E-state index in [0.29, 0.717) is 26.2 Å². The maximum atomic E-state index is 13.7. The molecule has 2 aliphatic rings. The van der Waals surface area contributed by atoms with Gasteiger partial charge in [0.25, 0.3) is 11.5 Å². The van der Waals surface area contributed by atoms with Crippen LogP contribution in [0.5, 0.6) is 0 Å². The second-order valence-corrected chi connectivity index (χ2v) is 9.51. The molecule has 1 saturated carbocycles. The Bertz CT molecular complexity index is 1180. The van der Waals surface area contributed by atoms with Crippen LogP contribution < -0.4 is 16.6 Å².